The van der Waals surface area contributed by atoms with Crippen molar-refractivity contribution >= 4 is 17.4 Å². The smallest absolute Gasteiger partial charge is 0.151 e. The fraction of sp³-hybridized carbons (Fsp3) is 0.600. The first-order valence-electron chi connectivity index (χ1n) is 5.03. The van der Waals surface area contributed by atoms with E-state index in [9.17, 15) is 0 Å². The molecule has 0 saturated carbocycles. The summed E-state index contributed by atoms with van der Waals surface area (Å²) in [5.41, 5.74) is 0. The number of hydrogen-bond donors (Lipinski definition) is 0. The maximum absolute atomic E-state index is 5.69. The van der Waals surface area contributed by atoms with Crippen molar-refractivity contribution in [3.63, 3.8) is 0 Å². The minimum absolute atomic E-state index is 0.457. The summed E-state index contributed by atoms with van der Waals surface area (Å²) < 4.78 is 0. The number of nitrogens with zero attached hydrogens (tertiary/aromatic N) is 3. The van der Waals surface area contributed by atoms with Crippen molar-refractivity contribution in [2.75, 3.05) is 11.4 Å². The molecule has 76 valence electrons. The van der Waals surface area contributed by atoms with Crippen molar-refractivity contribution in [1.29, 1.82) is 0 Å². The quantitative estimate of drug-likeness (QED) is 0.715. The van der Waals surface area contributed by atoms with Crippen molar-refractivity contribution in [2.45, 2.75) is 32.2 Å². The number of halogens is 1. The van der Waals surface area contributed by atoms with Crippen LogP contribution in [0.15, 0.2) is 12.1 Å². The molecule has 0 N–H and O–H groups in total. The minimum Gasteiger partial charge on any atom is -0.352 e. The SMILES string of the molecule is C[C@@H]1CCCCN1c1ccc(Cl)nn1. The molecule has 4 heteroatoms. The van der Waals surface area contributed by atoms with E-state index in [-0.39, 0.29) is 0 Å². The highest BCUT2D eigenvalue weighted by Gasteiger charge is 2.19. The molecule has 1 aromatic heterocycles. The predicted octanol–water partition coefficient (Wildman–Crippen LogP) is 2.51. The van der Waals surface area contributed by atoms with Gasteiger partial charge in [-0.25, -0.2) is 0 Å². The van der Waals surface area contributed by atoms with Crippen LogP contribution in [0.25, 0.3) is 0 Å². The number of anilines is 1. The molecule has 2 heterocycles. The van der Waals surface area contributed by atoms with E-state index in [1.165, 1.54) is 19.3 Å². The highest BCUT2D eigenvalue weighted by molar-refractivity contribution is 6.29. The fourth-order valence-electron chi connectivity index (χ4n) is 1.90. The van der Waals surface area contributed by atoms with Crippen LogP contribution in [-0.4, -0.2) is 22.8 Å². The lowest BCUT2D eigenvalue weighted by atomic mass is 10.0. The summed E-state index contributed by atoms with van der Waals surface area (Å²) in [6.45, 7) is 3.31. The zero-order valence-corrected chi connectivity index (χ0v) is 9.04. The lowest BCUT2D eigenvalue weighted by Gasteiger charge is -2.33. The van der Waals surface area contributed by atoms with E-state index in [0.29, 0.717) is 11.2 Å². The monoisotopic (exact) mass is 211 g/mol. The van der Waals surface area contributed by atoms with E-state index < -0.39 is 0 Å². The summed E-state index contributed by atoms with van der Waals surface area (Å²) in [5.74, 6) is 0.946. The first-order chi connectivity index (χ1) is 6.77. The Morgan fingerprint density at radius 3 is 2.86 bits per heavy atom. The van der Waals surface area contributed by atoms with Crippen molar-refractivity contribution in [3.8, 4) is 0 Å². The van der Waals surface area contributed by atoms with Gasteiger partial charge in [0.1, 0.15) is 0 Å². The molecule has 14 heavy (non-hydrogen) atoms. The van der Waals surface area contributed by atoms with Crippen LogP contribution >= 0.6 is 11.6 Å². The van der Waals surface area contributed by atoms with Gasteiger partial charge in [0.25, 0.3) is 0 Å². The van der Waals surface area contributed by atoms with E-state index in [0.717, 1.165) is 12.4 Å². The zero-order valence-electron chi connectivity index (χ0n) is 8.28. The van der Waals surface area contributed by atoms with Gasteiger partial charge in [-0.15, -0.1) is 10.2 Å². The molecule has 0 amide bonds. The predicted molar refractivity (Wildman–Crippen MR) is 57.7 cm³/mol. The molecular formula is C10H14ClN3. The number of aromatic nitrogens is 2. The summed E-state index contributed by atoms with van der Waals surface area (Å²) >= 11 is 5.69. The van der Waals surface area contributed by atoms with E-state index >= 15 is 0 Å². The van der Waals surface area contributed by atoms with Crippen LogP contribution in [0.5, 0.6) is 0 Å². The van der Waals surface area contributed by atoms with Gasteiger partial charge in [-0.2, -0.15) is 0 Å². The maximum Gasteiger partial charge on any atom is 0.151 e. The Morgan fingerprint density at radius 1 is 1.36 bits per heavy atom. The number of piperidine rings is 1. The van der Waals surface area contributed by atoms with Crippen LogP contribution in [0.4, 0.5) is 5.82 Å². The third-order valence-corrected chi connectivity index (χ3v) is 2.92. The highest BCUT2D eigenvalue weighted by Crippen LogP contribution is 2.22. The van der Waals surface area contributed by atoms with Crippen molar-refractivity contribution in [2.24, 2.45) is 0 Å². The molecular weight excluding hydrogens is 198 g/mol. The Morgan fingerprint density at radius 2 is 2.21 bits per heavy atom. The maximum atomic E-state index is 5.69. The van der Waals surface area contributed by atoms with Crippen LogP contribution in [0.2, 0.25) is 5.15 Å². The molecule has 0 bridgehead atoms. The van der Waals surface area contributed by atoms with Crippen LogP contribution in [-0.2, 0) is 0 Å². The van der Waals surface area contributed by atoms with Gasteiger partial charge in [0.2, 0.25) is 0 Å². The second-order valence-corrected chi connectivity index (χ2v) is 4.14. The van der Waals surface area contributed by atoms with Gasteiger partial charge >= 0.3 is 0 Å². The van der Waals surface area contributed by atoms with Gasteiger partial charge in [-0.1, -0.05) is 11.6 Å². The Balaban J connectivity index is 2.16. The van der Waals surface area contributed by atoms with E-state index in [1.807, 2.05) is 6.07 Å². The van der Waals surface area contributed by atoms with Gasteiger partial charge in [0, 0.05) is 12.6 Å². The largest absolute Gasteiger partial charge is 0.352 e. The molecule has 0 aromatic carbocycles. The third-order valence-electron chi connectivity index (χ3n) is 2.72. The van der Waals surface area contributed by atoms with E-state index in [1.54, 1.807) is 6.07 Å². The second-order valence-electron chi connectivity index (χ2n) is 3.75. The Labute approximate surface area is 89.1 Å². The standard InChI is InChI=1S/C10H14ClN3/c1-8-4-2-3-7-14(8)10-6-5-9(11)12-13-10/h5-6,8H,2-4,7H2,1H3/t8-/m1/s1. The summed E-state index contributed by atoms with van der Waals surface area (Å²) in [6.07, 6.45) is 3.80. The van der Waals surface area contributed by atoms with Crippen LogP contribution in [0.1, 0.15) is 26.2 Å². The minimum atomic E-state index is 0.457. The van der Waals surface area contributed by atoms with Crippen LogP contribution < -0.4 is 4.90 Å². The molecule has 1 saturated heterocycles. The first kappa shape index (κ1) is 9.71. The molecule has 1 aliphatic rings. The highest BCUT2D eigenvalue weighted by atomic mass is 35.5. The molecule has 1 aromatic rings. The fourth-order valence-corrected chi connectivity index (χ4v) is 2.00. The lowest BCUT2D eigenvalue weighted by molar-refractivity contribution is 0.479. The number of hydrogen-bond acceptors (Lipinski definition) is 3. The molecule has 1 aliphatic heterocycles. The van der Waals surface area contributed by atoms with Gasteiger partial charge in [-0.05, 0) is 38.3 Å². The van der Waals surface area contributed by atoms with Crippen molar-refractivity contribution < 1.29 is 0 Å². The molecule has 0 radical (unpaired) electrons. The number of rotatable bonds is 1. The van der Waals surface area contributed by atoms with Crippen LogP contribution in [0, 0.1) is 0 Å². The molecule has 1 atom stereocenters. The average molecular weight is 212 g/mol. The molecule has 0 unspecified atom stereocenters. The van der Waals surface area contributed by atoms with Gasteiger partial charge < -0.3 is 4.90 Å². The summed E-state index contributed by atoms with van der Waals surface area (Å²) in [7, 11) is 0. The topological polar surface area (TPSA) is 29.0 Å². The lowest BCUT2D eigenvalue weighted by Crippen LogP contribution is -2.38. The van der Waals surface area contributed by atoms with Crippen LogP contribution in [0.3, 0.4) is 0 Å². The van der Waals surface area contributed by atoms with Gasteiger partial charge in [0.15, 0.2) is 11.0 Å². The molecule has 2 rings (SSSR count). The summed E-state index contributed by atoms with van der Waals surface area (Å²) in [6, 6.07) is 4.31. The summed E-state index contributed by atoms with van der Waals surface area (Å²) in [5, 5.41) is 8.42. The Kier molecular flexibility index (Phi) is 2.87. The Hall–Kier alpha value is -0.830. The Bertz CT molecular complexity index is 299. The summed E-state index contributed by atoms with van der Waals surface area (Å²) in [4.78, 5) is 2.30. The molecule has 3 nitrogen and oxygen atoms in total. The third kappa shape index (κ3) is 1.98. The van der Waals surface area contributed by atoms with Gasteiger partial charge in [0.05, 0.1) is 0 Å². The normalized spacial score (nSPS) is 22.4. The average Bonchev–Trinajstić information content (AvgIpc) is 2.20. The first-order valence-corrected chi connectivity index (χ1v) is 5.41. The van der Waals surface area contributed by atoms with Crippen molar-refractivity contribution in [3.05, 3.63) is 17.3 Å². The van der Waals surface area contributed by atoms with Gasteiger partial charge in [-0.3, -0.25) is 0 Å². The molecule has 1 fully saturated rings. The zero-order chi connectivity index (χ0) is 9.97. The molecule has 0 spiro atoms. The van der Waals surface area contributed by atoms with E-state index in [2.05, 4.69) is 22.0 Å². The molecule has 0 aliphatic carbocycles. The second kappa shape index (κ2) is 4.13. The van der Waals surface area contributed by atoms with E-state index in [4.69, 9.17) is 11.6 Å². The van der Waals surface area contributed by atoms with Crippen molar-refractivity contribution in [1.82, 2.24) is 10.2 Å².